The first-order chi connectivity index (χ1) is 6.07. The van der Waals surface area contributed by atoms with E-state index in [-0.39, 0.29) is 9.45 Å². The number of rotatable bonds is 2. The van der Waals surface area contributed by atoms with Crippen molar-refractivity contribution in [1.82, 2.24) is 4.98 Å². The van der Waals surface area contributed by atoms with Crippen LogP contribution >= 0.6 is 22.6 Å². The van der Waals surface area contributed by atoms with Gasteiger partial charge in [-0.15, -0.1) is 0 Å². The van der Waals surface area contributed by atoms with E-state index in [1.54, 1.807) is 22.6 Å². The molecule has 0 atom stereocenters. The predicted octanol–water partition coefficient (Wildman–Crippen LogP) is 2.77. The summed E-state index contributed by atoms with van der Waals surface area (Å²) in [4.78, 5) is 3.50. The molecule has 1 heterocycles. The number of aromatic nitrogens is 1. The minimum Gasteiger partial charge on any atom is -0.480 e. The van der Waals surface area contributed by atoms with E-state index in [1.807, 2.05) is 0 Å². The molecule has 0 radical (unpaired) electrons. The summed E-state index contributed by atoms with van der Waals surface area (Å²) in [5.74, 6) is -1.00. The summed E-state index contributed by atoms with van der Waals surface area (Å²) in [5.41, 5.74) is -0.660. The van der Waals surface area contributed by atoms with Gasteiger partial charge in [-0.3, -0.25) is 0 Å². The SMILES string of the molecule is COc1ncc(F)c(C(F)F)c1I. The van der Waals surface area contributed by atoms with E-state index in [9.17, 15) is 13.2 Å². The Morgan fingerprint density at radius 2 is 2.15 bits per heavy atom. The fourth-order valence-electron chi connectivity index (χ4n) is 0.804. The third-order valence-electron chi connectivity index (χ3n) is 1.39. The number of hydrogen-bond donors (Lipinski definition) is 0. The molecule has 0 saturated heterocycles. The highest BCUT2D eigenvalue weighted by Crippen LogP contribution is 2.31. The monoisotopic (exact) mass is 303 g/mol. The van der Waals surface area contributed by atoms with Crippen LogP contribution < -0.4 is 4.74 Å². The second-order valence-electron chi connectivity index (χ2n) is 2.14. The number of hydrogen-bond acceptors (Lipinski definition) is 2. The maximum absolute atomic E-state index is 12.8. The van der Waals surface area contributed by atoms with Crippen LogP contribution in [0.3, 0.4) is 0 Å². The third-order valence-corrected chi connectivity index (χ3v) is 2.43. The Hall–Kier alpha value is -0.530. The van der Waals surface area contributed by atoms with Gasteiger partial charge in [0.2, 0.25) is 5.88 Å². The summed E-state index contributed by atoms with van der Waals surface area (Å²) in [6.07, 6.45) is -2.13. The topological polar surface area (TPSA) is 22.1 Å². The van der Waals surface area contributed by atoms with Crippen LogP contribution in [0.1, 0.15) is 12.0 Å². The van der Waals surface area contributed by atoms with Crippen molar-refractivity contribution >= 4 is 22.6 Å². The Morgan fingerprint density at radius 3 is 2.62 bits per heavy atom. The molecule has 13 heavy (non-hydrogen) atoms. The molecule has 0 aliphatic heterocycles. The lowest BCUT2D eigenvalue weighted by atomic mass is 10.2. The first kappa shape index (κ1) is 10.6. The van der Waals surface area contributed by atoms with E-state index >= 15 is 0 Å². The molecule has 0 spiro atoms. The molecule has 6 heteroatoms. The molecule has 0 aliphatic carbocycles. The molecule has 1 aromatic rings. The van der Waals surface area contributed by atoms with Crippen LogP contribution in [0.2, 0.25) is 0 Å². The molecular weight excluding hydrogens is 298 g/mol. The molecule has 0 aromatic carbocycles. The largest absolute Gasteiger partial charge is 0.480 e. The third kappa shape index (κ3) is 2.04. The maximum Gasteiger partial charge on any atom is 0.267 e. The summed E-state index contributed by atoms with van der Waals surface area (Å²) in [5, 5.41) is 0. The standard InChI is InChI=1S/C7H5F3INO/c1-13-7-5(11)4(6(9)10)3(8)2-12-7/h2,6H,1H3. The van der Waals surface area contributed by atoms with Gasteiger partial charge in [-0.1, -0.05) is 0 Å². The summed E-state index contributed by atoms with van der Waals surface area (Å²) >= 11 is 1.57. The number of methoxy groups -OCH3 is 1. The van der Waals surface area contributed by atoms with Crippen molar-refractivity contribution < 1.29 is 17.9 Å². The Balaban J connectivity index is 3.30. The second-order valence-corrected chi connectivity index (χ2v) is 3.22. The number of alkyl halides is 2. The molecule has 2 nitrogen and oxygen atoms in total. The van der Waals surface area contributed by atoms with Gasteiger partial charge in [0.05, 0.1) is 22.4 Å². The summed E-state index contributed by atoms with van der Waals surface area (Å²) in [7, 11) is 1.29. The molecule has 0 unspecified atom stereocenters. The van der Waals surface area contributed by atoms with E-state index in [0.717, 1.165) is 6.20 Å². The van der Waals surface area contributed by atoms with Gasteiger partial charge in [0.25, 0.3) is 6.43 Å². The summed E-state index contributed by atoms with van der Waals surface area (Å²) in [6.45, 7) is 0. The molecule has 0 bridgehead atoms. The van der Waals surface area contributed by atoms with Crippen LogP contribution in [-0.4, -0.2) is 12.1 Å². The van der Waals surface area contributed by atoms with Crippen molar-refractivity contribution in [3.8, 4) is 5.88 Å². The van der Waals surface area contributed by atoms with E-state index in [2.05, 4.69) is 9.72 Å². The first-order valence-corrected chi connectivity index (χ1v) is 4.31. The lowest BCUT2D eigenvalue weighted by molar-refractivity contribution is 0.144. The van der Waals surface area contributed by atoms with Crippen LogP contribution in [0.5, 0.6) is 5.88 Å². The van der Waals surface area contributed by atoms with Gasteiger partial charge in [-0.25, -0.2) is 18.2 Å². The Labute approximate surface area is 86.3 Å². The van der Waals surface area contributed by atoms with Crippen molar-refractivity contribution in [2.45, 2.75) is 6.43 Å². The minimum absolute atomic E-state index is 0.00935. The van der Waals surface area contributed by atoms with Gasteiger partial charge in [0.1, 0.15) is 0 Å². The second kappa shape index (κ2) is 4.12. The number of halogens is 4. The predicted molar refractivity (Wildman–Crippen MR) is 48.4 cm³/mol. The molecule has 0 N–H and O–H groups in total. The van der Waals surface area contributed by atoms with E-state index in [4.69, 9.17) is 0 Å². The zero-order chi connectivity index (χ0) is 10.0. The van der Waals surface area contributed by atoms with Crippen molar-refractivity contribution in [3.63, 3.8) is 0 Å². The quantitative estimate of drug-likeness (QED) is 0.784. The highest BCUT2D eigenvalue weighted by atomic mass is 127. The van der Waals surface area contributed by atoms with Crippen LogP contribution in [0.25, 0.3) is 0 Å². The van der Waals surface area contributed by atoms with Crippen LogP contribution in [0.4, 0.5) is 13.2 Å². The van der Waals surface area contributed by atoms with Crippen molar-refractivity contribution in [2.24, 2.45) is 0 Å². The highest BCUT2D eigenvalue weighted by Gasteiger charge is 2.21. The molecule has 1 rings (SSSR count). The van der Waals surface area contributed by atoms with Crippen LogP contribution in [-0.2, 0) is 0 Å². The lowest BCUT2D eigenvalue weighted by Gasteiger charge is -2.07. The maximum atomic E-state index is 12.8. The Bertz CT molecular complexity index is 319. The van der Waals surface area contributed by atoms with Gasteiger partial charge in [0.15, 0.2) is 5.82 Å². The molecular formula is C7H5F3INO. The average Bonchev–Trinajstić information content (AvgIpc) is 2.04. The van der Waals surface area contributed by atoms with Crippen molar-refractivity contribution in [2.75, 3.05) is 7.11 Å². The zero-order valence-electron chi connectivity index (χ0n) is 6.52. The normalized spacial score (nSPS) is 10.6. The Morgan fingerprint density at radius 1 is 1.54 bits per heavy atom. The van der Waals surface area contributed by atoms with E-state index in [1.165, 1.54) is 7.11 Å². The molecule has 0 amide bonds. The summed E-state index contributed by atoms with van der Waals surface area (Å²) < 4.78 is 42.1. The molecule has 0 fully saturated rings. The highest BCUT2D eigenvalue weighted by molar-refractivity contribution is 14.1. The van der Waals surface area contributed by atoms with E-state index < -0.39 is 17.8 Å². The number of pyridine rings is 1. The van der Waals surface area contributed by atoms with Gasteiger partial charge >= 0.3 is 0 Å². The number of ether oxygens (including phenoxy) is 1. The van der Waals surface area contributed by atoms with Gasteiger partial charge < -0.3 is 4.74 Å². The van der Waals surface area contributed by atoms with Crippen LogP contribution in [0.15, 0.2) is 6.20 Å². The van der Waals surface area contributed by atoms with E-state index in [0.29, 0.717) is 0 Å². The fraction of sp³-hybridized carbons (Fsp3) is 0.286. The van der Waals surface area contributed by atoms with Crippen LogP contribution in [0, 0.1) is 9.39 Å². The molecule has 0 saturated carbocycles. The first-order valence-electron chi connectivity index (χ1n) is 3.24. The van der Waals surface area contributed by atoms with Crippen molar-refractivity contribution in [3.05, 3.63) is 21.1 Å². The van der Waals surface area contributed by atoms with Gasteiger partial charge in [-0.05, 0) is 22.6 Å². The van der Waals surface area contributed by atoms with Gasteiger partial charge in [-0.2, -0.15) is 0 Å². The van der Waals surface area contributed by atoms with Gasteiger partial charge in [0, 0.05) is 0 Å². The fourth-order valence-corrected chi connectivity index (χ4v) is 1.66. The average molecular weight is 303 g/mol. The minimum atomic E-state index is -2.86. The lowest BCUT2D eigenvalue weighted by Crippen LogP contribution is -2.00. The molecule has 1 aromatic heterocycles. The van der Waals surface area contributed by atoms with Crippen molar-refractivity contribution in [1.29, 1.82) is 0 Å². The number of nitrogens with zero attached hydrogens (tertiary/aromatic N) is 1. The summed E-state index contributed by atoms with van der Waals surface area (Å²) in [6, 6.07) is 0. The zero-order valence-corrected chi connectivity index (χ0v) is 8.68. The Kier molecular flexibility index (Phi) is 3.34. The molecule has 72 valence electrons. The smallest absolute Gasteiger partial charge is 0.267 e. The molecule has 0 aliphatic rings.